The van der Waals surface area contributed by atoms with Gasteiger partial charge in [0.2, 0.25) is 0 Å². The molecule has 212 valence electrons. The van der Waals surface area contributed by atoms with E-state index in [4.69, 9.17) is 4.74 Å². The van der Waals surface area contributed by atoms with Crippen LogP contribution in [0.2, 0.25) is 0 Å². The summed E-state index contributed by atoms with van der Waals surface area (Å²) in [5.74, 6) is -1.54. The van der Waals surface area contributed by atoms with Gasteiger partial charge >= 0.3 is 6.18 Å². The maximum Gasteiger partial charge on any atom is 0.414 e. The molecule has 2 N–H and O–H groups in total. The molecule has 1 aliphatic carbocycles. The molecule has 5 rings (SSSR count). The number of aromatic nitrogens is 1. The lowest BCUT2D eigenvalue weighted by molar-refractivity contribution is -0.214. The molecule has 3 fully saturated rings. The summed E-state index contributed by atoms with van der Waals surface area (Å²) >= 11 is 0. The van der Waals surface area contributed by atoms with Gasteiger partial charge in [-0.25, -0.2) is 13.2 Å². The van der Waals surface area contributed by atoms with E-state index in [1.54, 1.807) is 0 Å². The Morgan fingerprint density at radius 2 is 1.85 bits per heavy atom. The molecular weight excluding hydrogens is 530 g/mol. The smallest absolute Gasteiger partial charge is 0.381 e. The number of benzene rings is 1. The van der Waals surface area contributed by atoms with Gasteiger partial charge in [0.15, 0.2) is 5.54 Å². The van der Waals surface area contributed by atoms with Gasteiger partial charge in [-0.1, -0.05) is 18.2 Å². The normalized spacial score (nSPS) is 27.5. The SMILES string of the molecule is C[C@@H](NC(=O)c1cn([C@]2(C(F)(F)F)CCOC2)c(=O)cc1NC1[C@H]2CN(C)C[C@@H]12)c1cccc(C(F)F)c1F. The first-order valence-electron chi connectivity index (χ1n) is 12.6. The minimum Gasteiger partial charge on any atom is -0.381 e. The molecule has 1 aromatic carbocycles. The second-order valence-electron chi connectivity index (χ2n) is 10.6. The van der Waals surface area contributed by atoms with Gasteiger partial charge in [-0.15, -0.1) is 0 Å². The fraction of sp³-hybridized carbons (Fsp3) is 0.538. The summed E-state index contributed by atoms with van der Waals surface area (Å²) in [7, 11) is 1.97. The highest BCUT2D eigenvalue weighted by Crippen LogP contribution is 2.47. The molecule has 7 nitrogen and oxygen atoms in total. The first-order chi connectivity index (χ1) is 18.3. The van der Waals surface area contributed by atoms with Crippen LogP contribution in [-0.2, 0) is 10.3 Å². The van der Waals surface area contributed by atoms with Crippen LogP contribution in [0.15, 0.2) is 35.3 Å². The Kier molecular flexibility index (Phi) is 6.94. The lowest BCUT2D eigenvalue weighted by Crippen LogP contribution is -2.52. The highest BCUT2D eigenvalue weighted by atomic mass is 19.4. The predicted molar refractivity (Wildman–Crippen MR) is 129 cm³/mol. The van der Waals surface area contributed by atoms with Crippen LogP contribution in [0.5, 0.6) is 0 Å². The van der Waals surface area contributed by atoms with Gasteiger partial charge < -0.3 is 20.3 Å². The van der Waals surface area contributed by atoms with Crippen molar-refractivity contribution in [1.29, 1.82) is 0 Å². The monoisotopic (exact) mass is 558 g/mol. The summed E-state index contributed by atoms with van der Waals surface area (Å²) < 4.78 is 89.3. The van der Waals surface area contributed by atoms with E-state index in [0.717, 1.165) is 31.4 Å². The molecule has 0 radical (unpaired) electrons. The number of fused-ring (bicyclic) bond motifs is 1. The van der Waals surface area contributed by atoms with Crippen LogP contribution in [0.1, 0.15) is 47.3 Å². The quantitative estimate of drug-likeness (QED) is 0.502. The molecule has 1 saturated carbocycles. The summed E-state index contributed by atoms with van der Waals surface area (Å²) in [6.45, 7) is 1.96. The van der Waals surface area contributed by atoms with Crippen molar-refractivity contribution in [1.82, 2.24) is 14.8 Å². The number of likely N-dealkylation sites (tertiary alicyclic amines) is 1. The highest BCUT2D eigenvalue weighted by Gasteiger charge is 2.59. The van der Waals surface area contributed by atoms with Gasteiger partial charge in [0.05, 0.1) is 29.5 Å². The molecule has 39 heavy (non-hydrogen) atoms. The zero-order chi connectivity index (χ0) is 28.3. The van der Waals surface area contributed by atoms with Gasteiger partial charge in [0.25, 0.3) is 17.9 Å². The predicted octanol–water partition coefficient (Wildman–Crippen LogP) is 4.07. The molecule has 13 heteroatoms. The van der Waals surface area contributed by atoms with Crippen LogP contribution in [0, 0.1) is 17.7 Å². The van der Waals surface area contributed by atoms with Gasteiger partial charge in [0, 0.05) is 50.0 Å². The van der Waals surface area contributed by atoms with Crippen LogP contribution >= 0.6 is 0 Å². The Labute approximate surface area is 220 Å². The van der Waals surface area contributed by atoms with E-state index >= 15 is 0 Å². The number of halogens is 6. The third kappa shape index (κ3) is 4.79. The summed E-state index contributed by atoms with van der Waals surface area (Å²) in [6.07, 6.45) is -7.56. The van der Waals surface area contributed by atoms with Crippen molar-refractivity contribution in [2.75, 3.05) is 38.7 Å². The van der Waals surface area contributed by atoms with Crippen molar-refractivity contribution in [2.45, 2.75) is 43.6 Å². The maximum atomic E-state index is 14.7. The van der Waals surface area contributed by atoms with E-state index in [1.807, 2.05) is 7.05 Å². The molecule has 2 aliphatic heterocycles. The zero-order valence-electron chi connectivity index (χ0n) is 21.2. The fourth-order valence-electron chi connectivity index (χ4n) is 5.83. The van der Waals surface area contributed by atoms with Gasteiger partial charge in [-0.3, -0.25) is 14.2 Å². The van der Waals surface area contributed by atoms with Crippen LogP contribution in [0.3, 0.4) is 0 Å². The lowest BCUT2D eigenvalue weighted by atomic mass is 9.96. The number of hydrogen-bond acceptors (Lipinski definition) is 5. The number of nitrogens with zero attached hydrogens (tertiary/aromatic N) is 2. The Balaban J connectivity index is 1.51. The van der Waals surface area contributed by atoms with Crippen LogP contribution in [0.4, 0.5) is 32.0 Å². The number of alkyl halides is 5. The van der Waals surface area contributed by atoms with Crippen molar-refractivity contribution in [3.05, 3.63) is 63.3 Å². The van der Waals surface area contributed by atoms with Crippen molar-refractivity contribution in [3.8, 4) is 0 Å². The van der Waals surface area contributed by atoms with E-state index in [1.165, 1.54) is 19.1 Å². The number of nitrogens with one attached hydrogen (secondary N) is 2. The molecule has 3 aliphatic rings. The van der Waals surface area contributed by atoms with Gasteiger partial charge in [-0.05, 0) is 25.8 Å². The number of carbonyl (C=O) groups is 1. The molecule has 1 aromatic heterocycles. The lowest BCUT2D eigenvalue weighted by Gasteiger charge is -2.33. The van der Waals surface area contributed by atoms with E-state index in [2.05, 4.69) is 15.5 Å². The Morgan fingerprint density at radius 3 is 2.44 bits per heavy atom. The first-order valence-corrected chi connectivity index (χ1v) is 12.6. The number of rotatable bonds is 7. The maximum absolute atomic E-state index is 14.7. The minimum absolute atomic E-state index is 0.0565. The zero-order valence-corrected chi connectivity index (χ0v) is 21.2. The summed E-state index contributed by atoms with van der Waals surface area (Å²) in [6, 6.07) is 3.20. The molecule has 1 unspecified atom stereocenters. The largest absolute Gasteiger partial charge is 0.414 e. The number of ether oxygens (including phenoxy) is 1. The first kappa shape index (κ1) is 27.5. The van der Waals surface area contributed by atoms with Crippen molar-refractivity contribution < 1.29 is 35.9 Å². The minimum atomic E-state index is -4.85. The number of hydrogen-bond donors (Lipinski definition) is 2. The summed E-state index contributed by atoms with van der Waals surface area (Å²) in [4.78, 5) is 28.6. The molecule has 1 amide bonds. The third-order valence-corrected chi connectivity index (χ3v) is 8.09. The van der Waals surface area contributed by atoms with E-state index in [0.29, 0.717) is 4.57 Å². The van der Waals surface area contributed by atoms with Crippen LogP contribution < -0.4 is 16.2 Å². The Bertz CT molecular complexity index is 1310. The molecule has 3 heterocycles. The van der Waals surface area contributed by atoms with Crippen LogP contribution in [-0.4, -0.2) is 60.9 Å². The van der Waals surface area contributed by atoms with E-state index in [9.17, 15) is 35.9 Å². The van der Waals surface area contributed by atoms with Crippen molar-refractivity contribution in [3.63, 3.8) is 0 Å². The van der Waals surface area contributed by atoms with Crippen LogP contribution in [0.25, 0.3) is 0 Å². The standard InChI is InChI=1S/C26H28F6N4O3/c1-13(14-4-3-5-15(21(14)27)23(28)29)33-24(38)18-11-36(25(26(30,31)32)6-7-39-12-25)20(37)8-19(18)34-22-16-9-35(2)10-17(16)22/h3-5,8,11,13,16-17,22-23,34H,6-7,9-10,12H2,1-2H3,(H,33,38)/t13-,16-,17+,22?,25-/m1/s1. The number of piperidine rings is 1. The molecule has 5 atom stereocenters. The number of anilines is 1. The molecule has 0 spiro atoms. The van der Waals surface area contributed by atoms with Gasteiger partial charge in [-0.2, -0.15) is 13.2 Å². The Hall–Kier alpha value is -3.06. The Morgan fingerprint density at radius 1 is 1.18 bits per heavy atom. The molecule has 2 aromatic rings. The number of carbonyl (C=O) groups excluding carboxylic acids is 1. The highest BCUT2D eigenvalue weighted by molar-refractivity contribution is 5.99. The average Bonchev–Trinajstić information content (AvgIpc) is 3.21. The third-order valence-electron chi connectivity index (χ3n) is 8.09. The molecular formula is C26H28F6N4O3. The summed E-state index contributed by atoms with van der Waals surface area (Å²) in [5.41, 5.74) is -4.84. The molecule has 2 saturated heterocycles. The second kappa shape index (κ2) is 9.84. The van der Waals surface area contributed by atoms with Gasteiger partial charge in [0.1, 0.15) is 5.82 Å². The molecule has 0 bridgehead atoms. The fourth-order valence-corrected chi connectivity index (χ4v) is 5.83. The average molecular weight is 559 g/mol. The number of pyridine rings is 1. The van der Waals surface area contributed by atoms with E-state index in [-0.39, 0.29) is 41.3 Å². The number of amides is 1. The van der Waals surface area contributed by atoms with Crippen molar-refractivity contribution in [2.24, 2.45) is 11.8 Å². The van der Waals surface area contributed by atoms with Crippen molar-refractivity contribution >= 4 is 11.6 Å². The topological polar surface area (TPSA) is 75.6 Å². The summed E-state index contributed by atoms with van der Waals surface area (Å²) in [5, 5.41) is 5.66. The second-order valence-corrected chi connectivity index (χ2v) is 10.6. The van der Waals surface area contributed by atoms with E-state index < -0.39 is 60.1 Å².